The zero-order chi connectivity index (χ0) is 20.8. The minimum Gasteiger partial charge on any atom is -0.351 e. The van der Waals surface area contributed by atoms with E-state index >= 15 is 0 Å². The van der Waals surface area contributed by atoms with Gasteiger partial charge >= 0.3 is 0 Å². The summed E-state index contributed by atoms with van der Waals surface area (Å²) in [5.74, 6) is -0.345. The fourth-order valence-electron chi connectivity index (χ4n) is 3.95. The van der Waals surface area contributed by atoms with Gasteiger partial charge in [0, 0.05) is 45.5 Å². The number of nitrogens with one attached hydrogen (secondary N) is 4. The maximum atomic E-state index is 12.7. The molecule has 2 aromatic heterocycles. The third kappa shape index (κ3) is 3.71. The lowest BCUT2D eigenvalue weighted by atomic mass is 9.86. The number of thiazole rings is 1. The molecular weight excluding hydrogens is 422 g/mol. The van der Waals surface area contributed by atoms with Crippen molar-refractivity contribution >= 4 is 45.7 Å². The molecule has 1 aromatic carbocycles. The molecule has 5 rings (SSSR count). The molecule has 2 aliphatic rings. The molecule has 2 amide bonds. The van der Waals surface area contributed by atoms with Crippen molar-refractivity contribution in [3.63, 3.8) is 0 Å². The smallest absolute Gasteiger partial charge is 0.280 e. The van der Waals surface area contributed by atoms with Crippen LogP contribution in [0.5, 0.6) is 0 Å². The van der Waals surface area contributed by atoms with Crippen LogP contribution < -0.4 is 16.0 Å². The number of aromatic nitrogens is 2. The SMILES string of the molecule is CC1Cc2sc(C(=O)N[C@H]3CC[C@H]3NC(=O)c3cc4cc(Cl)ccc4[nH]3)nc2CN1. The average molecular weight is 444 g/mol. The van der Waals surface area contributed by atoms with E-state index in [0.29, 0.717) is 28.3 Å². The second kappa shape index (κ2) is 7.68. The summed E-state index contributed by atoms with van der Waals surface area (Å²) in [4.78, 5) is 34.1. The Morgan fingerprint density at radius 1 is 1.17 bits per heavy atom. The summed E-state index contributed by atoms with van der Waals surface area (Å²) in [5.41, 5.74) is 2.32. The van der Waals surface area contributed by atoms with Gasteiger partial charge in [-0.2, -0.15) is 0 Å². The van der Waals surface area contributed by atoms with Crippen molar-refractivity contribution in [3.8, 4) is 0 Å². The van der Waals surface area contributed by atoms with Gasteiger partial charge in [-0.15, -0.1) is 11.3 Å². The topological polar surface area (TPSA) is 98.9 Å². The van der Waals surface area contributed by atoms with Crippen molar-refractivity contribution in [1.82, 2.24) is 25.9 Å². The Kier molecular flexibility index (Phi) is 5.00. The van der Waals surface area contributed by atoms with Gasteiger partial charge in [0.2, 0.25) is 0 Å². The third-order valence-electron chi connectivity index (χ3n) is 5.82. The Bertz CT molecular complexity index is 1140. The molecule has 1 saturated carbocycles. The molecule has 0 radical (unpaired) electrons. The zero-order valence-electron chi connectivity index (χ0n) is 16.4. The van der Waals surface area contributed by atoms with Crippen molar-refractivity contribution < 1.29 is 9.59 Å². The highest BCUT2D eigenvalue weighted by molar-refractivity contribution is 7.13. The highest BCUT2D eigenvalue weighted by Crippen LogP contribution is 2.26. The number of halogens is 1. The third-order valence-corrected chi connectivity index (χ3v) is 7.17. The molecule has 0 bridgehead atoms. The van der Waals surface area contributed by atoms with Gasteiger partial charge in [0.05, 0.1) is 5.69 Å². The molecular formula is C21H22ClN5O2S. The van der Waals surface area contributed by atoms with Gasteiger partial charge in [0.1, 0.15) is 5.69 Å². The van der Waals surface area contributed by atoms with E-state index in [2.05, 4.69) is 32.8 Å². The number of hydrogen-bond acceptors (Lipinski definition) is 5. The van der Waals surface area contributed by atoms with Gasteiger partial charge < -0.3 is 20.9 Å². The highest BCUT2D eigenvalue weighted by atomic mass is 35.5. The number of rotatable bonds is 4. The summed E-state index contributed by atoms with van der Waals surface area (Å²) in [7, 11) is 0. The van der Waals surface area contributed by atoms with Crippen LogP contribution in [-0.2, 0) is 13.0 Å². The van der Waals surface area contributed by atoms with Gasteiger partial charge in [0.25, 0.3) is 11.8 Å². The van der Waals surface area contributed by atoms with E-state index in [-0.39, 0.29) is 23.9 Å². The second-order valence-electron chi connectivity index (χ2n) is 8.03. The highest BCUT2D eigenvalue weighted by Gasteiger charge is 2.34. The van der Waals surface area contributed by atoms with Crippen molar-refractivity contribution in [1.29, 1.82) is 0 Å². The van der Waals surface area contributed by atoms with E-state index in [1.54, 1.807) is 12.1 Å². The summed E-state index contributed by atoms with van der Waals surface area (Å²) in [5, 5.41) is 11.5. The number of benzene rings is 1. The first-order valence-electron chi connectivity index (χ1n) is 10.1. The average Bonchev–Trinajstić information content (AvgIpc) is 3.32. The van der Waals surface area contributed by atoms with Crippen molar-refractivity contribution in [2.75, 3.05) is 0 Å². The van der Waals surface area contributed by atoms with Gasteiger partial charge in [-0.1, -0.05) is 11.6 Å². The number of carbonyl (C=O) groups excluding carboxylic acids is 2. The molecule has 7 nitrogen and oxygen atoms in total. The lowest BCUT2D eigenvalue weighted by molar-refractivity contribution is 0.0826. The maximum absolute atomic E-state index is 12.7. The van der Waals surface area contributed by atoms with E-state index < -0.39 is 0 Å². The van der Waals surface area contributed by atoms with Crippen LogP contribution in [0.3, 0.4) is 0 Å². The largest absolute Gasteiger partial charge is 0.351 e. The number of carbonyl (C=O) groups is 2. The van der Waals surface area contributed by atoms with Crippen LogP contribution in [0.2, 0.25) is 5.02 Å². The minimum absolute atomic E-state index is 0.0850. The maximum Gasteiger partial charge on any atom is 0.280 e. The summed E-state index contributed by atoms with van der Waals surface area (Å²) in [6.07, 6.45) is 2.57. The van der Waals surface area contributed by atoms with Crippen LogP contribution in [0.15, 0.2) is 24.3 Å². The summed E-state index contributed by atoms with van der Waals surface area (Å²) in [6.45, 7) is 2.84. The molecule has 3 heterocycles. The number of aromatic amines is 1. The normalized spacial score (nSPS) is 22.9. The van der Waals surface area contributed by atoms with Gasteiger partial charge in [-0.05, 0) is 50.5 Å². The van der Waals surface area contributed by atoms with Crippen LogP contribution in [-0.4, -0.2) is 39.9 Å². The van der Waals surface area contributed by atoms with E-state index in [1.165, 1.54) is 16.2 Å². The molecule has 3 atom stereocenters. The lowest BCUT2D eigenvalue weighted by Gasteiger charge is -2.37. The van der Waals surface area contributed by atoms with Gasteiger partial charge in [-0.3, -0.25) is 9.59 Å². The monoisotopic (exact) mass is 443 g/mol. The summed E-state index contributed by atoms with van der Waals surface area (Å²) < 4.78 is 0. The Hall–Kier alpha value is -2.42. The fraction of sp³-hybridized carbons (Fsp3) is 0.381. The van der Waals surface area contributed by atoms with Crippen LogP contribution in [0.25, 0.3) is 10.9 Å². The molecule has 0 spiro atoms. The summed E-state index contributed by atoms with van der Waals surface area (Å²) in [6, 6.07) is 7.47. The van der Waals surface area contributed by atoms with E-state index in [1.807, 2.05) is 12.1 Å². The Balaban J connectivity index is 1.22. The molecule has 4 N–H and O–H groups in total. The number of nitrogens with zero attached hydrogens (tertiary/aromatic N) is 1. The molecule has 1 fully saturated rings. The minimum atomic E-state index is -0.184. The standard InChI is InChI=1S/C21H22ClN5O2S/c1-10-6-18-17(9-23-10)27-21(30-18)20(29)26-15-5-4-14(15)25-19(28)16-8-11-7-12(22)2-3-13(11)24-16/h2-3,7-8,10,14-15,23-24H,4-6,9H2,1H3,(H,25,28)(H,26,29)/t10?,14-,15+/m1/s1. The predicted octanol–water partition coefficient (Wildman–Crippen LogP) is 3.00. The lowest BCUT2D eigenvalue weighted by Crippen LogP contribution is -2.58. The molecule has 1 aliphatic carbocycles. The van der Waals surface area contributed by atoms with Gasteiger partial charge in [0.15, 0.2) is 5.01 Å². The van der Waals surface area contributed by atoms with Crippen molar-refractivity contribution in [2.45, 2.75) is 50.9 Å². The van der Waals surface area contributed by atoms with E-state index in [9.17, 15) is 9.59 Å². The van der Waals surface area contributed by atoms with Crippen LogP contribution in [0, 0.1) is 0 Å². The first-order chi connectivity index (χ1) is 14.5. The Morgan fingerprint density at radius 2 is 1.93 bits per heavy atom. The first kappa shape index (κ1) is 19.5. The number of amides is 2. The number of fused-ring (bicyclic) bond motifs is 2. The van der Waals surface area contributed by atoms with Crippen LogP contribution in [0.1, 0.15) is 50.6 Å². The predicted molar refractivity (Wildman–Crippen MR) is 117 cm³/mol. The van der Waals surface area contributed by atoms with Crippen molar-refractivity contribution in [2.24, 2.45) is 0 Å². The molecule has 156 valence electrons. The van der Waals surface area contributed by atoms with Crippen LogP contribution in [0.4, 0.5) is 0 Å². The van der Waals surface area contributed by atoms with Crippen molar-refractivity contribution in [3.05, 3.63) is 50.6 Å². The molecule has 1 aliphatic heterocycles. The first-order valence-corrected chi connectivity index (χ1v) is 11.3. The van der Waals surface area contributed by atoms with Gasteiger partial charge in [-0.25, -0.2) is 4.98 Å². The van der Waals surface area contributed by atoms with Crippen LogP contribution >= 0.6 is 22.9 Å². The Morgan fingerprint density at radius 3 is 2.70 bits per heavy atom. The van der Waals surface area contributed by atoms with E-state index in [0.717, 1.165) is 35.9 Å². The second-order valence-corrected chi connectivity index (χ2v) is 9.55. The summed E-state index contributed by atoms with van der Waals surface area (Å²) >= 11 is 7.49. The quantitative estimate of drug-likeness (QED) is 0.498. The molecule has 9 heteroatoms. The van der Waals surface area contributed by atoms with E-state index in [4.69, 9.17) is 11.6 Å². The molecule has 1 unspecified atom stereocenters. The Labute approximate surface area is 182 Å². The molecule has 30 heavy (non-hydrogen) atoms. The zero-order valence-corrected chi connectivity index (χ0v) is 18.0. The number of hydrogen-bond donors (Lipinski definition) is 4. The molecule has 3 aromatic rings. The molecule has 0 saturated heterocycles. The fourth-order valence-corrected chi connectivity index (χ4v) is 5.24. The number of H-pyrrole nitrogens is 1.